The summed E-state index contributed by atoms with van der Waals surface area (Å²) in [5, 5.41) is 4.74. The lowest BCUT2D eigenvalue weighted by Gasteiger charge is -2.09. The number of rotatable bonds is 7. The molecular formula is C19H19N3O2S. The van der Waals surface area contributed by atoms with Gasteiger partial charge in [0.1, 0.15) is 17.1 Å². The summed E-state index contributed by atoms with van der Waals surface area (Å²) in [6.45, 7) is 0.574. The third-order valence-corrected chi connectivity index (χ3v) is 4.76. The fraction of sp³-hybridized carbons (Fsp3) is 0.211. The smallest absolute Gasteiger partial charge is 0.230 e. The fourth-order valence-corrected chi connectivity index (χ4v) is 3.35. The van der Waals surface area contributed by atoms with Crippen LogP contribution in [0.25, 0.3) is 10.9 Å². The Hall–Kier alpha value is -2.60. The molecule has 3 rings (SSSR count). The Morgan fingerprint density at radius 2 is 1.92 bits per heavy atom. The maximum atomic E-state index is 12.1. The molecule has 0 radical (unpaired) electrons. The van der Waals surface area contributed by atoms with E-state index in [2.05, 4.69) is 15.3 Å². The minimum absolute atomic E-state index is 0.0115. The van der Waals surface area contributed by atoms with Crippen molar-refractivity contribution >= 4 is 28.6 Å². The first-order valence-electron chi connectivity index (χ1n) is 7.99. The molecule has 25 heavy (non-hydrogen) atoms. The van der Waals surface area contributed by atoms with Crippen LogP contribution in [0.5, 0.6) is 5.75 Å². The summed E-state index contributed by atoms with van der Waals surface area (Å²) in [4.78, 5) is 20.6. The lowest BCUT2D eigenvalue weighted by atomic mass is 10.1. The highest BCUT2D eigenvalue weighted by Crippen LogP contribution is 2.23. The van der Waals surface area contributed by atoms with Gasteiger partial charge in [-0.1, -0.05) is 48.2 Å². The van der Waals surface area contributed by atoms with E-state index in [0.717, 1.165) is 33.7 Å². The topological polar surface area (TPSA) is 64.1 Å². The number of ether oxygens (including phenoxy) is 1. The van der Waals surface area contributed by atoms with Crippen molar-refractivity contribution < 1.29 is 9.53 Å². The van der Waals surface area contributed by atoms with Crippen LogP contribution in [-0.2, 0) is 11.2 Å². The molecular weight excluding hydrogens is 334 g/mol. The van der Waals surface area contributed by atoms with Crippen LogP contribution in [0.3, 0.4) is 0 Å². The highest BCUT2D eigenvalue weighted by molar-refractivity contribution is 8.00. The molecule has 0 atom stereocenters. The van der Waals surface area contributed by atoms with E-state index >= 15 is 0 Å². The van der Waals surface area contributed by atoms with Gasteiger partial charge in [-0.2, -0.15) is 0 Å². The predicted octanol–water partition coefficient (Wildman–Crippen LogP) is 3.09. The zero-order valence-corrected chi connectivity index (χ0v) is 14.8. The van der Waals surface area contributed by atoms with Crippen molar-refractivity contribution in [2.75, 3.05) is 19.4 Å². The molecule has 0 bridgehead atoms. The molecule has 0 saturated heterocycles. The Balaban J connectivity index is 1.51. The normalized spacial score (nSPS) is 10.6. The Morgan fingerprint density at radius 3 is 2.80 bits per heavy atom. The monoisotopic (exact) mass is 353 g/mol. The Morgan fingerprint density at radius 1 is 1.12 bits per heavy atom. The molecule has 0 aliphatic carbocycles. The highest BCUT2D eigenvalue weighted by atomic mass is 32.2. The number of methoxy groups -OCH3 is 1. The van der Waals surface area contributed by atoms with Crippen LogP contribution in [0.4, 0.5) is 0 Å². The fourth-order valence-electron chi connectivity index (χ4n) is 2.53. The quantitative estimate of drug-likeness (QED) is 0.522. The van der Waals surface area contributed by atoms with Crippen LogP contribution in [0.2, 0.25) is 0 Å². The number of carbonyl (C=O) groups excluding carboxylic acids is 1. The van der Waals surface area contributed by atoms with Crippen LogP contribution < -0.4 is 10.1 Å². The number of amides is 1. The average Bonchev–Trinajstić information content (AvgIpc) is 2.66. The predicted molar refractivity (Wildman–Crippen MR) is 100.0 cm³/mol. The lowest BCUT2D eigenvalue weighted by molar-refractivity contribution is -0.118. The average molecular weight is 353 g/mol. The second kappa shape index (κ2) is 8.48. The van der Waals surface area contributed by atoms with Gasteiger partial charge in [-0.25, -0.2) is 9.97 Å². The molecule has 128 valence electrons. The SMILES string of the molecule is COc1ccccc1CCNC(=O)CSc1ncnc2ccccc12. The standard InChI is InChI=1S/C19H19N3O2S/c1-24-17-9-5-2-6-14(17)10-11-20-18(23)12-25-19-15-7-3-4-8-16(15)21-13-22-19/h2-9,13H,10-12H2,1H3,(H,20,23). The number of nitrogens with one attached hydrogen (secondary N) is 1. The van der Waals surface area contributed by atoms with Crippen molar-refractivity contribution in [1.82, 2.24) is 15.3 Å². The summed E-state index contributed by atoms with van der Waals surface area (Å²) in [6, 6.07) is 15.6. The molecule has 1 N–H and O–H groups in total. The van der Waals surface area contributed by atoms with Gasteiger partial charge in [0.05, 0.1) is 18.4 Å². The van der Waals surface area contributed by atoms with Crippen LogP contribution in [0.15, 0.2) is 59.9 Å². The maximum absolute atomic E-state index is 12.1. The lowest BCUT2D eigenvalue weighted by Crippen LogP contribution is -2.27. The van der Waals surface area contributed by atoms with Crippen molar-refractivity contribution in [3.8, 4) is 5.75 Å². The van der Waals surface area contributed by atoms with Gasteiger partial charge in [-0.05, 0) is 24.1 Å². The molecule has 3 aromatic rings. The first kappa shape index (κ1) is 17.2. The first-order chi connectivity index (χ1) is 12.3. The van der Waals surface area contributed by atoms with Crippen molar-refractivity contribution in [1.29, 1.82) is 0 Å². The van der Waals surface area contributed by atoms with Crippen LogP contribution in [0.1, 0.15) is 5.56 Å². The third-order valence-electron chi connectivity index (χ3n) is 3.76. The van der Waals surface area contributed by atoms with Gasteiger partial charge in [0.15, 0.2) is 0 Å². The third kappa shape index (κ3) is 4.48. The molecule has 0 spiro atoms. The zero-order chi connectivity index (χ0) is 17.5. The number of hydrogen-bond donors (Lipinski definition) is 1. The van der Waals surface area contributed by atoms with Crippen molar-refractivity contribution in [2.45, 2.75) is 11.4 Å². The van der Waals surface area contributed by atoms with Gasteiger partial charge in [0.25, 0.3) is 0 Å². The van der Waals surface area contributed by atoms with E-state index in [1.165, 1.54) is 18.1 Å². The summed E-state index contributed by atoms with van der Waals surface area (Å²) in [5.41, 5.74) is 1.97. The van der Waals surface area contributed by atoms with E-state index in [4.69, 9.17) is 4.74 Å². The van der Waals surface area contributed by atoms with E-state index in [1.807, 2.05) is 48.5 Å². The molecule has 0 aliphatic rings. The molecule has 6 heteroatoms. The summed E-state index contributed by atoms with van der Waals surface area (Å²) in [5.74, 6) is 1.16. The number of hydrogen-bond acceptors (Lipinski definition) is 5. The molecule has 0 unspecified atom stereocenters. The molecule has 5 nitrogen and oxygen atoms in total. The summed E-state index contributed by atoms with van der Waals surface area (Å²) < 4.78 is 5.32. The number of aromatic nitrogens is 2. The van der Waals surface area contributed by atoms with Crippen LogP contribution in [0, 0.1) is 0 Å². The van der Waals surface area contributed by atoms with E-state index in [-0.39, 0.29) is 5.91 Å². The van der Waals surface area contributed by atoms with Gasteiger partial charge < -0.3 is 10.1 Å². The van der Waals surface area contributed by atoms with E-state index < -0.39 is 0 Å². The Bertz CT molecular complexity index is 865. The minimum atomic E-state index is -0.0115. The maximum Gasteiger partial charge on any atom is 0.230 e. The van der Waals surface area contributed by atoms with Crippen molar-refractivity contribution in [3.05, 3.63) is 60.4 Å². The van der Waals surface area contributed by atoms with Crippen LogP contribution in [-0.4, -0.2) is 35.3 Å². The zero-order valence-electron chi connectivity index (χ0n) is 13.9. The Labute approximate surface area is 150 Å². The van der Waals surface area contributed by atoms with Crippen LogP contribution >= 0.6 is 11.8 Å². The number of nitrogens with zero attached hydrogens (tertiary/aromatic N) is 2. The molecule has 1 amide bonds. The van der Waals surface area contributed by atoms with E-state index in [9.17, 15) is 4.79 Å². The molecule has 0 aliphatic heterocycles. The van der Waals surface area contributed by atoms with Gasteiger partial charge in [0, 0.05) is 11.9 Å². The van der Waals surface area contributed by atoms with E-state index in [0.29, 0.717) is 12.3 Å². The summed E-state index contributed by atoms with van der Waals surface area (Å²) in [6.07, 6.45) is 2.26. The number of fused-ring (bicyclic) bond motifs is 1. The minimum Gasteiger partial charge on any atom is -0.496 e. The van der Waals surface area contributed by atoms with E-state index in [1.54, 1.807) is 7.11 Å². The number of carbonyl (C=O) groups is 1. The van der Waals surface area contributed by atoms with Gasteiger partial charge in [0.2, 0.25) is 5.91 Å². The van der Waals surface area contributed by atoms with Gasteiger partial charge >= 0.3 is 0 Å². The molecule has 1 heterocycles. The molecule has 1 aromatic heterocycles. The van der Waals surface area contributed by atoms with Gasteiger partial charge in [-0.3, -0.25) is 4.79 Å². The molecule has 0 saturated carbocycles. The molecule has 0 fully saturated rings. The molecule has 2 aromatic carbocycles. The Kier molecular flexibility index (Phi) is 5.85. The number of thioether (sulfide) groups is 1. The second-order valence-corrected chi connectivity index (χ2v) is 6.36. The number of benzene rings is 2. The first-order valence-corrected chi connectivity index (χ1v) is 8.97. The highest BCUT2D eigenvalue weighted by Gasteiger charge is 2.08. The number of para-hydroxylation sites is 2. The largest absolute Gasteiger partial charge is 0.496 e. The summed E-state index contributed by atoms with van der Waals surface area (Å²) in [7, 11) is 1.65. The van der Waals surface area contributed by atoms with Crippen molar-refractivity contribution in [2.24, 2.45) is 0 Å². The van der Waals surface area contributed by atoms with Crippen molar-refractivity contribution in [3.63, 3.8) is 0 Å². The summed E-state index contributed by atoms with van der Waals surface area (Å²) >= 11 is 1.42. The van der Waals surface area contributed by atoms with Gasteiger partial charge in [-0.15, -0.1) is 0 Å². The second-order valence-electron chi connectivity index (χ2n) is 5.40.